The Hall–Kier alpha value is -1.34. The number of carbonyl (C=O) groups excluding carboxylic acids is 1. The van der Waals surface area contributed by atoms with E-state index < -0.39 is 15.7 Å². The van der Waals surface area contributed by atoms with E-state index in [-0.39, 0.29) is 40.8 Å². The lowest BCUT2D eigenvalue weighted by molar-refractivity contribution is -0.133. The maximum Gasteiger partial charge on any atom is 0.260 e. The third-order valence-electron chi connectivity index (χ3n) is 3.40. The molecule has 5 nitrogen and oxygen atoms in total. The number of halogens is 2. The molecule has 1 aromatic rings. The van der Waals surface area contributed by atoms with Gasteiger partial charge in [0.05, 0.1) is 16.5 Å². The van der Waals surface area contributed by atoms with Gasteiger partial charge in [-0.3, -0.25) is 4.79 Å². The van der Waals surface area contributed by atoms with Crippen LogP contribution in [0.15, 0.2) is 18.2 Å². The van der Waals surface area contributed by atoms with Gasteiger partial charge in [0.2, 0.25) is 0 Å². The first-order valence-electron chi connectivity index (χ1n) is 6.32. The Morgan fingerprint density at radius 1 is 1.52 bits per heavy atom. The van der Waals surface area contributed by atoms with Gasteiger partial charge in [-0.05, 0) is 18.6 Å². The molecule has 21 heavy (non-hydrogen) atoms. The molecule has 116 valence electrons. The van der Waals surface area contributed by atoms with Gasteiger partial charge in [-0.15, -0.1) is 0 Å². The number of nitrogens with zero attached hydrogens (tertiary/aromatic N) is 1. The van der Waals surface area contributed by atoms with Crippen molar-refractivity contribution in [1.82, 2.24) is 4.90 Å². The summed E-state index contributed by atoms with van der Waals surface area (Å²) in [6.07, 6.45) is 0.437. The number of hydrogen-bond donors (Lipinski definition) is 0. The van der Waals surface area contributed by atoms with Crippen molar-refractivity contribution in [2.24, 2.45) is 0 Å². The molecule has 1 aliphatic heterocycles. The van der Waals surface area contributed by atoms with Crippen LogP contribution in [0.25, 0.3) is 0 Å². The van der Waals surface area contributed by atoms with E-state index in [0.29, 0.717) is 6.42 Å². The molecule has 1 aromatic carbocycles. The fourth-order valence-corrected chi connectivity index (χ4v) is 4.04. The van der Waals surface area contributed by atoms with Crippen molar-refractivity contribution in [3.63, 3.8) is 0 Å². The molecular formula is C13H15ClFNO4S. The second-order valence-electron chi connectivity index (χ2n) is 4.93. The van der Waals surface area contributed by atoms with Crippen molar-refractivity contribution in [2.75, 3.05) is 25.2 Å². The minimum absolute atomic E-state index is 0.0163. The Bertz CT molecular complexity index is 650. The number of sulfone groups is 1. The predicted octanol–water partition coefficient (Wildman–Crippen LogP) is 1.50. The second kappa shape index (κ2) is 6.19. The number of ether oxygens (including phenoxy) is 1. The van der Waals surface area contributed by atoms with Crippen LogP contribution >= 0.6 is 11.6 Å². The van der Waals surface area contributed by atoms with E-state index in [1.165, 1.54) is 17.0 Å². The summed E-state index contributed by atoms with van der Waals surface area (Å²) in [6, 6.07) is 3.48. The molecule has 1 atom stereocenters. The van der Waals surface area contributed by atoms with Crippen LogP contribution in [0.1, 0.15) is 6.42 Å². The molecule has 0 unspecified atom stereocenters. The van der Waals surface area contributed by atoms with Crippen molar-refractivity contribution >= 4 is 27.3 Å². The largest absolute Gasteiger partial charge is 0.484 e. The lowest BCUT2D eigenvalue weighted by Crippen LogP contribution is -2.40. The first-order chi connectivity index (χ1) is 9.78. The van der Waals surface area contributed by atoms with E-state index in [2.05, 4.69) is 0 Å². The van der Waals surface area contributed by atoms with E-state index in [1.54, 1.807) is 7.05 Å². The van der Waals surface area contributed by atoms with Crippen LogP contribution in [0, 0.1) is 5.82 Å². The van der Waals surface area contributed by atoms with E-state index in [9.17, 15) is 17.6 Å². The highest BCUT2D eigenvalue weighted by atomic mass is 35.5. The van der Waals surface area contributed by atoms with Gasteiger partial charge in [0.1, 0.15) is 11.6 Å². The van der Waals surface area contributed by atoms with Crippen LogP contribution in [0.4, 0.5) is 4.39 Å². The van der Waals surface area contributed by atoms with Gasteiger partial charge in [-0.2, -0.15) is 0 Å². The lowest BCUT2D eigenvalue weighted by atomic mass is 10.2. The topological polar surface area (TPSA) is 63.7 Å². The molecule has 0 radical (unpaired) electrons. The maximum atomic E-state index is 13.0. The fourth-order valence-electron chi connectivity index (χ4n) is 2.10. The zero-order valence-corrected chi connectivity index (χ0v) is 13.0. The summed E-state index contributed by atoms with van der Waals surface area (Å²) in [6.45, 7) is -0.255. The van der Waals surface area contributed by atoms with Crippen molar-refractivity contribution in [3.8, 4) is 5.75 Å². The third kappa shape index (κ3) is 4.07. The van der Waals surface area contributed by atoms with E-state index in [4.69, 9.17) is 16.3 Å². The summed E-state index contributed by atoms with van der Waals surface area (Å²) in [5.41, 5.74) is 0. The van der Waals surface area contributed by atoms with Gasteiger partial charge in [0, 0.05) is 19.2 Å². The van der Waals surface area contributed by atoms with Crippen LogP contribution < -0.4 is 4.74 Å². The Kier molecular flexibility index (Phi) is 4.73. The molecule has 0 spiro atoms. The van der Waals surface area contributed by atoms with Gasteiger partial charge in [-0.25, -0.2) is 12.8 Å². The summed E-state index contributed by atoms with van der Waals surface area (Å²) >= 11 is 5.61. The molecule has 1 fully saturated rings. The third-order valence-corrected chi connectivity index (χ3v) is 5.44. The standard InChI is InChI=1S/C13H15ClFNO4S/c1-16(9-4-5-21(18,19)8-9)13(17)7-20-10-2-3-12(15)11(14)6-10/h2-3,6,9H,4-5,7-8H2,1H3/t9-/m1/s1. The SMILES string of the molecule is CN(C(=O)COc1ccc(F)c(Cl)c1)[C@@H]1CCS(=O)(=O)C1. The van der Waals surface area contributed by atoms with E-state index in [1.807, 2.05) is 0 Å². The summed E-state index contributed by atoms with van der Waals surface area (Å²) in [4.78, 5) is 13.3. The highest BCUT2D eigenvalue weighted by Gasteiger charge is 2.32. The first kappa shape index (κ1) is 16.0. The Labute approximate surface area is 127 Å². The molecule has 0 aliphatic carbocycles. The van der Waals surface area contributed by atoms with Crippen molar-refractivity contribution in [3.05, 3.63) is 29.0 Å². The zero-order valence-electron chi connectivity index (χ0n) is 11.4. The lowest BCUT2D eigenvalue weighted by Gasteiger charge is -2.23. The predicted molar refractivity (Wildman–Crippen MR) is 76.7 cm³/mol. The Morgan fingerprint density at radius 3 is 2.81 bits per heavy atom. The van der Waals surface area contributed by atoms with Gasteiger partial charge >= 0.3 is 0 Å². The maximum absolute atomic E-state index is 13.0. The molecule has 0 bridgehead atoms. The van der Waals surface area contributed by atoms with Gasteiger partial charge in [-0.1, -0.05) is 11.6 Å². The minimum Gasteiger partial charge on any atom is -0.484 e. The number of hydrogen-bond acceptors (Lipinski definition) is 4. The van der Waals surface area contributed by atoms with Crippen LogP contribution in [0.2, 0.25) is 5.02 Å². The molecule has 0 saturated carbocycles. The second-order valence-corrected chi connectivity index (χ2v) is 7.56. The highest BCUT2D eigenvalue weighted by Crippen LogP contribution is 2.21. The van der Waals surface area contributed by atoms with Gasteiger partial charge in [0.25, 0.3) is 5.91 Å². The molecule has 1 amide bonds. The normalized spacial score (nSPS) is 20.2. The molecule has 8 heteroatoms. The van der Waals surface area contributed by atoms with E-state index >= 15 is 0 Å². The highest BCUT2D eigenvalue weighted by molar-refractivity contribution is 7.91. The van der Waals surface area contributed by atoms with Crippen molar-refractivity contribution in [2.45, 2.75) is 12.5 Å². The minimum atomic E-state index is -3.05. The number of rotatable bonds is 4. The van der Waals surface area contributed by atoms with Crippen LogP contribution in [0.3, 0.4) is 0 Å². The summed E-state index contributed by atoms with van der Waals surface area (Å²) in [7, 11) is -1.49. The van der Waals surface area contributed by atoms with E-state index in [0.717, 1.165) is 6.07 Å². The fraction of sp³-hybridized carbons (Fsp3) is 0.462. The van der Waals surface area contributed by atoms with Crippen LogP contribution in [-0.4, -0.2) is 50.4 Å². The van der Waals surface area contributed by atoms with Crippen molar-refractivity contribution in [1.29, 1.82) is 0 Å². The smallest absolute Gasteiger partial charge is 0.260 e. The molecular weight excluding hydrogens is 321 g/mol. The number of likely N-dealkylation sites (N-methyl/N-ethyl adjacent to an activating group) is 1. The summed E-state index contributed by atoms with van der Waals surface area (Å²) in [5.74, 6) is -0.537. The average Bonchev–Trinajstić information content (AvgIpc) is 2.79. The molecule has 1 saturated heterocycles. The van der Waals surface area contributed by atoms with Crippen molar-refractivity contribution < 1.29 is 22.3 Å². The number of amides is 1. The Balaban J connectivity index is 1.91. The quantitative estimate of drug-likeness (QED) is 0.836. The van der Waals surface area contributed by atoms with Gasteiger partial charge in [0.15, 0.2) is 16.4 Å². The van der Waals surface area contributed by atoms with Crippen LogP contribution in [-0.2, 0) is 14.6 Å². The monoisotopic (exact) mass is 335 g/mol. The molecule has 0 aromatic heterocycles. The number of carbonyl (C=O) groups is 1. The molecule has 1 aliphatic rings. The van der Waals surface area contributed by atoms with Crippen LogP contribution in [0.5, 0.6) is 5.75 Å². The zero-order chi connectivity index (χ0) is 15.6. The Morgan fingerprint density at radius 2 is 2.24 bits per heavy atom. The molecule has 1 heterocycles. The summed E-state index contributed by atoms with van der Waals surface area (Å²) in [5, 5.41) is -0.0878. The van der Waals surface area contributed by atoms with Gasteiger partial charge < -0.3 is 9.64 Å². The number of benzene rings is 1. The first-order valence-corrected chi connectivity index (χ1v) is 8.52. The average molecular weight is 336 g/mol. The summed E-state index contributed by atoms with van der Waals surface area (Å²) < 4.78 is 41.0. The molecule has 2 rings (SSSR count). The molecule has 0 N–H and O–H groups in total.